The fourth-order valence-electron chi connectivity index (χ4n) is 11.6. The lowest BCUT2D eigenvalue weighted by molar-refractivity contribution is -0.161. The lowest BCUT2D eigenvalue weighted by Gasteiger charge is -2.21. The summed E-state index contributed by atoms with van der Waals surface area (Å²) in [6.07, 6.45) is 52.8. The van der Waals surface area contributed by atoms with Gasteiger partial charge in [-0.1, -0.05) is 337 Å². The van der Waals surface area contributed by atoms with E-state index in [0.717, 1.165) is 108 Å². The first-order valence-electron chi connectivity index (χ1n) is 39.3. The number of phosphoric ester groups is 2. The number of hydrogen-bond donors (Lipinski definition) is 3. The van der Waals surface area contributed by atoms with Crippen LogP contribution in [0.3, 0.4) is 0 Å². The van der Waals surface area contributed by atoms with Crippen LogP contribution in [0.2, 0.25) is 0 Å². The number of aliphatic hydroxyl groups excluding tert-OH is 1. The molecule has 0 aliphatic carbocycles. The van der Waals surface area contributed by atoms with E-state index in [1.54, 1.807) is 0 Å². The maximum absolute atomic E-state index is 13.1. The van der Waals surface area contributed by atoms with E-state index in [9.17, 15) is 43.2 Å². The highest BCUT2D eigenvalue weighted by atomic mass is 31.2. The van der Waals surface area contributed by atoms with Crippen molar-refractivity contribution in [3.05, 3.63) is 0 Å². The minimum absolute atomic E-state index is 0.104. The molecule has 0 aromatic carbocycles. The number of aliphatic hydroxyl groups is 1. The Morgan fingerprint density at radius 3 is 0.716 bits per heavy atom. The van der Waals surface area contributed by atoms with Crippen LogP contribution in [-0.2, 0) is 65.4 Å². The molecular weight excluding hydrogens is 1250 g/mol. The molecule has 0 aromatic heterocycles. The van der Waals surface area contributed by atoms with Crippen molar-refractivity contribution in [1.29, 1.82) is 0 Å². The molecule has 0 saturated carbocycles. The minimum Gasteiger partial charge on any atom is -0.462 e. The second-order valence-electron chi connectivity index (χ2n) is 28.8. The zero-order valence-electron chi connectivity index (χ0n) is 62.1. The largest absolute Gasteiger partial charge is 0.472 e. The van der Waals surface area contributed by atoms with Crippen molar-refractivity contribution in [3.63, 3.8) is 0 Å². The highest BCUT2D eigenvalue weighted by molar-refractivity contribution is 7.47. The molecule has 0 aliphatic heterocycles. The smallest absolute Gasteiger partial charge is 0.462 e. The number of carbonyl (C=O) groups is 4. The average molecular weight is 1400 g/mol. The molecule has 564 valence electrons. The first kappa shape index (κ1) is 93.1. The van der Waals surface area contributed by atoms with Crippen molar-refractivity contribution < 1.29 is 80.2 Å². The van der Waals surface area contributed by atoms with Gasteiger partial charge in [0.05, 0.1) is 26.4 Å². The number of rotatable bonds is 74. The number of ether oxygens (including phenoxy) is 4. The van der Waals surface area contributed by atoms with Crippen LogP contribution in [0.1, 0.15) is 389 Å². The third-order valence-electron chi connectivity index (χ3n) is 17.6. The molecule has 0 bridgehead atoms. The highest BCUT2D eigenvalue weighted by Crippen LogP contribution is 2.45. The molecule has 95 heavy (non-hydrogen) atoms. The summed E-state index contributed by atoms with van der Waals surface area (Å²) in [6, 6.07) is 0. The SMILES string of the molecule is CCCCCCCCCCCCCCCCC(=O)OC[C@H](COP(=O)(O)OC[C@@H](O)COP(=O)(O)OC[C@@H](COC(=O)CCCCCCCCCC(C)C)OC(=O)CCCCCCCCCCCC(C)C)OC(=O)CCCCCCCCCCCCCCCCCCC(C)C. The lowest BCUT2D eigenvalue weighted by atomic mass is 10.0. The van der Waals surface area contributed by atoms with Crippen LogP contribution in [0.5, 0.6) is 0 Å². The molecule has 17 nitrogen and oxygen atoms in total. The Labute approximate surface area is 581 Å². The van der Waals surface area contributed by atoms with Crippen LogP contribution < -0.4 is 0 Å². The van der Waals surface area contributed by atoms with Gasteiger partial charge in [-0.3, -0.25) is 37.3 Å². The maximum atomic E-state index is 13.1. The first-order chi connectivity index (χ1) is 45.7. The van der Waals surface area contributed by atoms with Gasteiger partial charge in [0.25, 0.3) is 0 Å². The molecular formula is C76H148O17P2. The van der Waals surface area contributed by atoms with Gasteiger partial charge in [0.2, 0.25) is 0 Å². The van der Waals surface area contributed by atoms with Crippen molar-refractivity contribution in [2.75, 3.05) is 39.6 Å². The van der Waals surface area contributed by atoms with Crippen LogP contribution in [0.4, 0.5) is 0 Å². The van der Waals surface area contributed by atoms with Gasteiger partial charge in [0.15, 0.2) is 12.2 Å². The fraction of sp³-hybridized carbons (Fsp3) is 0.947. The molecule has 0 aromatic rings. The van der Waals surface area contributed by atoms with E-state index in [0.29, 0.717) is 31.6 Å². The number of phosphoric acid groups is 2. The molecule has 0 spiro atoms. The number of unbranched alkanes of at least 4 members (excludes halogenated alkanes) is 42. The highest BCUT2D eigenvalue weighted by Gasteiger charge is 2.30. The zero-order valence-corrected chi connectivity index (χ0v) is 63.9. The minimum atomic E-state index is -4.96. The molecule has 0 aliphatic rings. The summed E-state index contributed by atoms with van der Waals surface area (Å²) in [4.78, 5) is 72.8. The second-order valence-corrected chi connectivity index (χ2v) is 31.7. The molecule has 0 radical (unpaired) electrons. The van der Waals surface area contributed by atoms with E-state index in [2.05, 4.69) is 48.5 Å². The third kappa shape index (κ3) is 70.3. The van der Waals surface area contributed by atoms with Gasteiger partial charge in [-0.05, 0) is 43.4 Å². The molecule has 0 heterocycles. The van der Waals surface area contributed by atoms with E-state index in [4.69, 9.17) is 37.0 Å². The number of carbonyl (C=O) groups excluding carboxylic acids is 4. The first-order valence-corrected chi connectivity index (χ1v) is 42.3. The second kappa shape index (κ2) is 66.6. The predicted octanol–water partition coefficient (Wildman–Crippen LogP) is 22.2. The zero-order chi connectivity index (χ0) is 70.1. The monoisotopic (exact) mass is 1400 g/mol. The maximum Gasteiger partial charge on any atom is 0.472 e. The molecule has 2 unspecified atom stereocenters. The van der Waals surface area contributed by atoms with Gasteiger partial charge in [-0.2, -0.15) is 0 Å². The summed E-state index contributed by atoms with van der Waals surface area (Å²) in [5.74, 6) is 0.132. The number of esters is 4. The molecule has 5 atom stereocenters. The van der Waals surface area contributed by atoms with Gasteiger partial charge in [0, 0.05) is 25.7 Å². The van der Waals surface area contributed by atoms with Crippen molar-refractivity contribution in [3.8, 4) is 0 Å². The van der Waals surface area contributed by atoms with Crippen LogP contribution in [0, 0.1) is 17.8 Å². The lowest BCUT2D eigenvalue weighted by Crippen LogP contribution is -2.30. The summed E-state index contributed by atoms with van der Waals surface area (Å²) in [6.45, 7) is 11.9. The van der Waals surface area contributed by atoms with Crippen molar-refractivity contribution in [2.24, 2.45) is 17.8 Å². The Kier molecular flexibility index (Phi) is 65.2. The average Bonchev–Trinajstić information content (AvgIpc) is 1.21. The number of hydrogen-bond acceptors (Lipinski definition) is 15. The van der Waals surface area contributed by atoms with E-state index in [1.807, 2.05) is 0 Å². The topological polar surface area (TPSA) is 237 Å². The Morgan fingerprint density at radius 2 is 0.484 bits per heavy atom. The van der Waals surface area contributed by atoms with Crippen molar-refractivity contribution in [2.45, 2.75) is 407 Å². The normalized spacial score (nSPS) is 14.1. The van der Waals surface area contributed by atoms with E-state index in [1.165, 1.54) is 193 Å². The summed E-state index contributed by atoms with van der Waals surface area (Å²) >= 11 is 0. The Balaban J connectivity index is 5.23. The Morgan fingerprint density at radius 1 is 0.284 bits per heavy atom. The van der Waals surface area contributed by atoms with Crippen LogP contribution in [0.15, 0.2) is 0 Å². The summed E-state index contributed by atoms with van der Waals surface area (Å²) < 4.78 is 68.5. The van der Waals surface area contributed by atoms with Crippen LogP contribution in [-0.4, -0.2) is 96.7 Å². The third-order valence-corrected chi connectivity index (χ3v) is 19.5. The Hall–Kier alpha value is -1.94. The molecule has 19 heteroatoms. The van der Waals surface area contributed by atoms with Gasteiger partial charge in [0.1, 0.15) is 19.3 Å². The summed E-state index contributed by atoms with van der Waals surface area (Å²) in [5, 5.41) is 10.6. The fourth-order valence-corrected chi connectivity index (χ4v) is 13.2. The van der Waals surface area contributed by atoms with Crippen LogP contribution in [0.25, 0.3) is 0 Å². The summed E-state index contributed by atoms with van der Waals surface area (Å²) in [7, 11) is -9.91. The van der Waals surface area contributed by atoms with Crippen molar-refractivity contribution in [1.82, 2.24) is 0 Å². The van der Waals surface area contributed by atoms with E-state index < -0.39 is 97.5 Å². The molecule has 0 saturated heterocycles. The van der Waals surface area contributed by atoms with E-state index in [-0.39, 0.29) is 25.7 Å². The van der Waals surface area contributed by atoms with E-state index >= 15 is 0 Å². The molecule has 0 rings (SSSR count). The standard InChI is InChI=1S/C76H148O17P2/c1-8-9-10-11-12-13-14-15-21-24-29-36-43-50-57-73(78)86-63-71(92-75(80)59-52-45-37-30-25-22-19-17-16-18-20-23-27-33-40-47-54-67(2)3)65-90-94(82,83)88-61-70(77)62-89-95(84,85)91-66-72(64-87-74(79)58-51-44-39-32-35-42-49-56-69(6)7)93-76(81)60-53-46-38-31-26-28-34-41-48-55-68(4)5/h67-72,77H,8-66H2,1-7H3,(H,82,83)(H,84,85)/t70-,71-,72-/m1/s1. The van der Waals surface area contributed by atoms with Gasteiger partial charge < -0.3 is 33.8 Å². The van der Waals surface area contributed by atoms with Crippen molar-refractivity contribution >= 4 is 39.5 Å². The van der Waals surface area contributed by atoms with Crippen LogP contribution >= 0.6 is 15.6 Å². The quantitative estimate of drug-likeness (QED) is 0.0222. The molecule has 0 fully saturated rings. The van der Waals surface area contributed by atoms with Gasteiger partial charge >= 0.3 is 39.5 Å². The summed E-state index contributed by atoms with van der Waals surface area (Å²) in [5.41, 5.74) is 0. The molecule has 0 amide bonds. The predicted molar refractivity (Wildman–Crippen MR) is 386 cm³/mol. The van der Waals surface area contributed by atoms with Gasteiger partial charge in [-0.25, -0.2) is 9.13 Å². The Bertz CT molecular complexity index is 1850. The molecule has 3 N–H and O–H groups in total. The van der Waals surface area contributed by atoms with Gasteiger partial charge in [-0.15, -0.1) is 0 Å².